The average Bonchev–Trinajstić information content (AvgIpc) is 3.11. The Hall–Kier alpha value is -3.00. The van der Waals surface area contributed by atoms with Gasteiger partial charge in [-0.1, -0.05) is 30.3 Å². The van der Waals surface area contributed by atoms with Gasteiger partial charge in [0.15, 0.2) is 11.6 Å². The molecular formula is C18H19FN6O. The third-order valence-electron chi connectivity index (χ3n) is 4.46. The second kappa shape index (κ2) is 6.72. The number of hydrogen-bond acceptors (Lipinski definition) is 6. The predicted molar refractivity (Wildman–Crippen MR) is 95.3 cm³/mol. The van der Waals surface area contributed by atoms with Crippen molar-refractivity contribution in [3.8, 4) is 0 Å². The van der Waals surface area contributed by atoms with Gasteiger partial charge in [0.1, 0.15) is 6.10 Å². The minimum atomic E-state index is -0.763. The van der Waals surface area contributed by atoms with Gasteiger partial charge in [-0.3, -0.25) is 4.68 Å². The molecule has 0 radical (unpaired) electrons. The normalized spacial score (nSPS) is 14.8. The molecule has 4 rings (SSSR count). The molecule has 1 aliphatic heterocycles. The molecule has 0 bridgehead atoms. The molecule has 0 spiro atoms. The van der Waals surface area contributed by atoms with Gasteiger partial charge in [-0.15, -0.1) is 0 Å². The van der Waals surface area contributed by atoms with E-state index < -0.39 is 11.9 Å². The van der Waals surface area contributed by atoms with Crippen molar-refractivity contribution in [3.63, 3.8) is 0 Å². The highest BCUT2D eigenvalue weighted by Gasteiger charge is 2.23. The Balaban J connectivity index is 1.57. The molecular weight excluding hydrogens is 335 g/mol. The molecule has 0 unspecified atom stereocenters. The average molecular weight is 354 g/mol. The maximum absolute atomic E-state index is 13.6. The van der Waals surface area contributed by atoms with E-state index in [1.165, 1.54) is 6.20 Å². The molecule has 0 fully saturated rings. The van der Waals surface area contributed by atoms with Crippen LogP contribution in [0.5, 0.6) is 0 Å². The summed E-state index contributed by atoms with van der Waals surface area (Å²) in [6.07, 6.45) is 0.408. The van der Waals surface area contributed by atoms with E-state index in [1.807, 2.05) is 46.0 Å². The maximum Gasteiger partial charge on any atom is 0.227 e. The summed E-state index contributed by atoms with van der Waals surface area (Å²) in [6.45, 7) is 1.85. The molecule has 0 saturated heterocycles. The summed E-state index contributed by atoms with van der Waals surface area (Å²) in [5, 5.41) is 17.8. The van der Waals surface area contributed by atoms with Gasteiger partial charge in [0.05, 0.1) is 30.7 Å². The first kappa shape index (κ1) is 16.5. The Morgan fingerprint density at radius 3 is 2.81 bits per heavy atom. The van der Waals surface area contributed by atoms with Gasteiger partial charge >= 0.3 is 0 Å². The summed E-state index contributed by atoms with van der Waals surface area (Å²) in [5.41, 5.74) is 2.38. The molecule has 1 aliphatic rings. The lowest BCUT2D eigenvalue weighted by molar-refractivity contribution is 0.214. The SMILES string of the molecule is CNc1nc(N2CCn3nc([C@H](O)c4ccccc4)cc3C2)ncc1F. The summed E-state index contributed by atoms with van der Waals surface area (Å²) in [5.74, 6) is 0.161. The van der Waals surface area contributed by atoms with Crippen LogP contribution in [0, 0.1) is 5.82 Å². The van der Waals surface area contributed by atoms with Crippen molar-refractivity contribution in [1.82, 2.24) is 19.7 Å². The van der Waals surface area contributed by atoms with E-state index in [2.05, 4.69) is 20.4 Å². The summed E-state index contributed by atoms with van der Waals surface area (Å²) < 4.78 is 15.5. The lowest BCUT2D eigenvalue weighted by Gasteiger charge is -2.27. The van der Waals surface area contributed by atoms with Crippen LogP contribution < -0.4 is 10.2 Å². The summed E-state index contributed by atoms with van der Waals surface area (Å²) in [6, 6.07) is 11.3. The molecule has 2 N–H and O–H groups in total. The van der Waals surface area contributed by atoms with Crippen molar-refractivity contribution < 1.29 is 9.50 Å². The highest BCUT2D eigenvalue weighted by Crippen LogP contribution is 2.25. The Morgan fingerprint density at radius 1 is 1.23 bits per heavy atom. The first-order valence-corrected chi connectivity index (χ1v) is 8.40. The molecule has 7 nitrogen and oxygen atoms in total. The first-order chi connectivity index (χ1) is 12.7. The fraction of sp³-hybridized carbons (Fsp3) is 0.278. The topological polar surface area (TPSA) is 79.1 Å². The van der Waals surface area contributed by atoms with Crippen molar-refractivity contribution in [1.29, 1.82) is 0 Å². The molecule has 0 saturated carbocycles. The number of benzene rings is 1. The number of aromatic nitrogens is 4. The third-order valence-corrected chi connectivity index (χ3v) is 4.46. The van der Waals surface area contributed by atoms with Gasteiger partial charge in [0.25, 0.3) is 0 Å². The molecule has 134 valence electrons. The number of aliphatic hydroxyl groups is 1. The van der Waals surface area contributed by atoms with Crippen molar-refractivity contribution in [2.45, 2.75) is 19.2 Å². The maximum atomic E-state index is 13.6. The Kier molecular flexibility index (Phi) is 4.26. The molecule has 1 atom stereocenters. The monoisotopic (exact) mass is 354 g/mol. The molecule has 8 heteroatoms. The zero-order valence-corrected chi connectivity index (χ0v) is 14.3. The minimum absolute atomic E-state index is 0.175. The Morgan fingerprint density at radius 2 is 2.04 bits per heavy atom. The van der Waals surface area contributed by atoms with E-state index in [9.17, 15) is 9.50 Å². The lowest BCUT2D eigenvalue weighted by atomic mass is 10.1. The second-order valence-corrected chi connectivity index (χ2v) is 6.14. The number of nitrogens with one attached hydrogen (secondary N) is 1. The number of halogens is 1. The van der Waals surface area contributed by atoms with Crippen molar-refractivity contribution in [2.24, 2.45) is 0 Å². The summed E-state index contributed by atoms with van der Waals surface area (Å²) in [7, 11) is 1.62. The van der Waals surface area contributed by atoms with Crippen molar-refractivity contribution >= 4 is 11.8 Å². The van der Waals surface area contributed by atoms with Gasteiger partial charge in [0.2, 0.25) is 5.95 Å². The first-order valence-electron chi connectivity index (χ1n) is 8.40. The Bertz CT molecular complexity index is 913. The van der Waals surface area contributed by atoms with E-state index in [-0.39, 0.29) is 5.82 Å². The highest BCUT2D eigenvalue weighted by atomic mass is 19.1. The van der Waals surface area contributed by atoms with Gasteiger partial charge in [-0.25, -0.2) is 9.37 Å². The van der Waals surface area contributed by atoms with E-state index >= 15 is 0 Å². The van der Waals surface area contributed by atoms with Crippen LogP contribution in [0.25, 0.3) is 0 Å². The van der Waals surface area contributed by atoms with Crippen LogP contribution in [0.2, 0.25) is 0 Å². The molecule has 3 aromatic rings. The van der Waals surface area contributed by atoms with Crippen LogP contribution in [-0.2, 0) is 13.1 Å². The molecule has 3 heterocycles. The Labute approximate surface area is 150 Å². The smallest absolute Gasteiger partial charge is 0.227 e. The fourth-order valence-electron chi connectivity index (χ4n) is 3.08. The molecule has 2 aromatic heterocycles. The van der Waals surface area contributed by atoms with Gasteiger partial charge in [0, 0.05) is 13.6 Å². The zero-order chi connectivity index (χ0) is 18.1. The summed E-state index contributed by atoms with van der Waals surface area (Å²) in [4.78, 5) is 10.3. The van der Waals surface area contributed by atoms with Crippen molar-refractivity contribution in [2.75, 3.05) is 23.8 Å². The predicted octanol–water partition coefficient (Wildman–Crippen LogP) is 1.96. The van der Waals surface area contributed by atoms with E-state index in [0.29, 0.717) is 31.3 Å². The standard InChI is InChI=1S/C18H19FN6O/c1-20-17-14(19)10-21-18(22-17)24-7-8-25-13(11-24)9-15(23-25)16(26)12-5-3-2-4-6-12/h2-6,9-10,16,26H,7-8,11H2,1H3,(H,20,21,22)/t16-/m1/s1. The fourth-order valence-corrected chi connectivity index (χ4v) is 3.08. The van der Waals surface area contributed by atoms with Crippen LogP contribution >= 0.6 is 0 Å². The largest absolute Gasteiger partial charge is 0.382 e. The van der Waals surface area contributed by atoms with Crippen LogP contribution in [-0.4, -0.2) is 38.4 Å². The number of anilines is 2. The van der Waals surface area contributed by atoms with Crippen LogP contribution in [0.4, 0.5) is 16.2 Å². The highest BCUT2D eigenvalue weighted by molar-refractivity contribution is 5.43. The minimum Gasteiger partial charge on any atom is -0.382 e. The second-order valence-electron chi connectivity index (χ2n) is 6.14. The van der Waals surface area contributed by atoms with Crippen LogP contribution in [0.1, 0.15) is 23.1 Å². The number of nitrogens with zero attached hydrogens (tertiary/aromatic N) is 5. The van der Waals surface area contributed by atoms with Gasteiger partial charge in [-0.05, 0) is 11.6 Å². The van der Waals surface area contributed by atoms with Crippen molar-refractivity contribution in [3.05, 3.63) is 65.4 Å². The van der Waals surface area contributed by atoms with E-state index in [4.69, 9.17) is 0 Å². The van der Waals surface area contributed by atoms with Crippen LogP contribution in [0.15, 0.2) is 42.6 Å². The van der Waals surface area contributed by atoms with Gasteiger partial charge in [-0.2, -0.15) is 10.1 Å². The summed E-state index contributed by atoms with van der Waals surface area (Å²) >= 11 is 0. The number of rotatable bonds is 4. The number of fused-ring (bicyclic) bond motifs is 1. The third kappa shape index (κ3) is 2.99. The molecule has 0 aliphatic carbocycles. The zero-order valence-electron chi connectivity index (χ0n) is 14.3. The lowest BCUT2D eigenvalue weighted by Crippen LogP contribution is -2.35. The van der Waals surface area contributed by atoms with Gasteiger partial charge < -0.3 is 15.3 Å². The molecule has 26 heavy (non-hydrogen) atoms. The molecule has 1 aromatic carbocycles. The molecule has 0 amide bonds. The number of aliphatic hydroxyl groups excluding tert-OH is 1. The van der Waals surface area contributed by atoms with Crippen LogP contribution in [0.3, 0.4) is 0 Å². The van der Waals surface area contributed by atoms with E-state index in [0.717, 1.165) is 11.3 Å². The number of hydrogen-bond donors (Lipinski definition) is 2. The van der Waals surface area contributed by atoms with E-state index in [1.54, 1.807) is 7.05 Å². The quantitative estimate of drug-likeness (QED) is 0.746.